The zero-order chi connectivity index (χ0) is 22.1. The van der Waals surface area contributed by atoms with Crippen molar-refractivity contribution in [2.45, 2.75) is 17.7 Å². The molecule has 1 saturated heterocycles. The van der Waals surface area contributed by atoms with Gasteiger partial charge in [0.1, 0.15) is 0 Å². The Balaban J connectivity index is 1.88. The Labute approximate surface area is 181 Å². The zero-order valence-electron chi connectivity index (χ0n) is 16.5. The first kappa shape index (κ1) is 22.5. The molecule has 1 N–H and O–H groups in total. The minimum atomic E-state index is -3.70. The number of carbonyl (C=O) groups excluding carboxylic acids is 1. The number of hydrogen-bond acceptors (Lipinski definition) is 5. The van der Waals surface area contributed by atoms with E-state index >= 15 is 0 Å². The molecule has 0 unspecified atom stereocenters. The van der Waals surface area contributed by atoms with E-state index in [0.717, 1.165) is 23.4 Å². The first-order valence-electron chi connectivity index (χ1n) is 9.15. The van der Waals surface area contributed by atoms with Gasteiger partial charge in [0.05, 0.1) is 27.4 Å². The van der Waals surface area contributed by atoms with Gasteiger partial charge in [-0.3, -0.25) is 9.10 Å². The number of carbonyl (C=O) groups is 1. The third-order valence-corrected chi connectivity index (χ3v) is 8.28. The van der Waals surface area contributed by atoms with E-state index in [4.69, 9.17) is 11.6 Å². The highest BCUT2D eigenvalue weighted by Gasteiger charge is 2.28. The molecule has 1 aliphatic rings. The standard InChI is InChI=1S/C19H22ClN3O5S2/c1-22(29(2,25)26)15-7-5-6-14(12-15)21-19(24)17-13-16(8-9-18(17)20)30(27,28)23-10-3-4-11-23/h5-9,12-13H,3-4,10-11H2,1-2H3,(H,21,24). The third-order valence-electron chi connectivity index (χ3n) is 4.85. The lowest BCUT2D eigenvalue weighted by Crippen LogP contribution is -2.28. The van der Waals surface area contributed by atoms with Crippen LogP contribution in [0.15, 0.2) is 47.4 Å². The van der Waals surface area contributed by atoms with Crippen LogP contribution in [-0.2, 0) is 20.0 Å². The van der Waals surface area contributed by atoms with Crippen molar-refractivity contribution < 1.29 is 21.6 Å². The number of rotatable bonds is 6. The van der Waals surface area contributed by atoms with Gasteiger partial charge in [-0.1, -0.05) is 17.7 Å². The Hall–Kier alpha value is -2.14. The summed E-state index contributed by atoms with van der Waals surface area (Å²) < 4.78 is 51.5. The maximum atomic E-state index is 12.8. The van der Waals surface area contributed by atoms with Crippen molar-refractivity contribution in [2.24, 2.45) is 0 Å². The summed E-state index contributed by atoms with van der Waals surface area (Å²) in [7, 11) is -5.76. The van der Waals surface area contributed by atoms with Crippen molar-refractivity contribution in [2.75, 3.05) is 36.0 Å². The molecule has 1 fully saturated rings. The van der Waals surface area contributed by atoms with Gasteiger partial charge in [-0.15, -0.1) is 0 Å². The van der Waals surface area contributed by atoms with E-state index in [2.05, 4.69) is 5.32 Å². The number of halogens is 1. The number of hydrogen-bond donors (Lipinski definition) is 1. The summed E-state index contributed by atoms with van der Waals surface area (Å²) in [6.07, 6.45) is 2.68. The van der Waals surface area contributed by atoms with Gasteiger partial charge in [0.15, 0.2) is 0 Å². The number of amides is 1. The van der Waals surface area contributed by atoms with E-state index in [-0.39, 0.29) is 15.5 Å². The zero-order valence-corrected chi connectivity index (χ0v) is 18.9. The third kappa shape index (κ3) is 4.77. The predicted octanol–water partition coefficient (Wildman–Crippen LogP) is 2.77. The molecule has 0 atom stereocenters. The first-order chi connectivity index (χ1) is 14.0. The normalized spacial score (nSPS) is 15.2. The molecule has 0 radical (unpaired) electrons. The lowest BCUT2D eigenvalue weighted by Gasteiger charge is -2.18. The second-order valence-electron chi connectivity index (χ2n) is 6.99. The van der Waals surface area contributed by atoms with E-state index in [9.17, 15) is 21.6 Å². The Morgan fingerprint density at radius 1 is 1.07 bits per heavy atom. The van der Waals surface area contributed by atoms with Crippen molar-refractivity contribution in [3.05, 3.63) is 53.1 Å². The quantitative estimate of drug-likeness (QED) is 0.697. The Morgan fingerprint density at radius 3 is 2.37 bits per heavy atom. The molecule has 162 valence electrons. The molecule has 1 aliphatic heterocycles. The summed E-state index contributed by atoms with van der Waals surface area (Å²) in [6.45, 7) is 0.903. The molecule has 11 heteroatoms. The van der Waals surface area contributed by atoms with Crippen molar-refractivity contribution in [3.63, 3.8) is 0 Å². The van der Waals surface area contributed by atoms with Crippen LogP contribution < -0.4 is 9.62 Å². The van der Waals surface area contributed by atoms with Gasteiger partial charge in [-0.05, 0) is 49.2 Å². The van der Waals surface area contributed by atoms with Crippen LogP contribution in [0.5, 0.6) is 0 Å². The van der Waals surface area contributed by atoms with Gasteiger partial charge in [0, 0.05) is 25.8 Å². The molecule has 0 aromatic heterocycles. The van der Waals surface area contributed by atoms with Crippen LogP contribution in [-0.4, -0.2) is 53.4 Å². The molecular weight excluding hydrogens is 450 g/mol. The lowest BCUT2D eigenvalue weighted by molar-refractivity contribution is 0.102. The second kappa shape index (κ2) is 8.54. The largest absolute Gasteiger partial charge is 0.322 e. The molecule has 0 spiro atoms. The topological polar surface area (TPSA) is 104 Å². The van der Waals surface area contributed by atoms with Gasteiger partial charge in [0.25, 0.3) is 5.91 Å². The van der Waals surface area contributed by atoms with Crippen LogP contribution in [0.4, 0.5) is 11.4 Å². The number of sulfonamides is 2. The summed E-state index contributed by atoms with van der Waals surface area (Å²) in [6, 6.07) is 10.3. The fourth-order valence-electron chi connectivity index (χ4n) is 3.09. The van der Waals surface area contributed by atoms with Gasteiger partial charge in [-0.25, -0.2) is 16.8 Å². The number of anilines is 2. The molecule has 2 aromatic rings. The number of nitrogens with one attached hydrogen (secondary N) is 1. The van der Waals surface area contributed by atoms with E-state index in [1.165, 1.54) is 35.6 Å². The van der Waals surface area contributed by atoms with Crippen molar-refractivity contribution in [1.82, 2.24) is 4.31 Å². The molecule has 0 saturated carbocycles. The SMILES string of the molecule is CN(c1cccc(NC(=O)c2cc(S(=O)(=O)N3CCCC3)ccc2Cl)c1)S(C)(=O)=O. The predicted molar refractivity (Wildman–Crippen MR) is 117 cm³/mol. The van der Waals surface area contributed by atoms with Gasteiger partial charge in [-0.2, -0.15) is 4.31 Å². The fraction of sp³-hybridized carbons (Fsp3) is 0.316. The average molecular weight is 472 g/mol. The van der Waals surface area contributed by atoms with Gasteiger partial charge in [0.2, 0.25) is 20.0 Å². The highest BCUT2D eigenvalue weighted by Crippen LogP contribution is 2.27. The van der Waals surface area contributed by atoms with E-state index in [1.807, 2.05) is 0 Å². The monoisotopic (exact) mass is 471 g/mol. The molecule has 30 heavy (non-hydrogen) atoms. The molecule has 3 rings (SSSR count). The highest BCUT2D eigenvalue weighted by atomic mass is 35.5. The lowest BCUT2D eigenvalue weighted by atomic mass is 10.2. The fourth-order valence-corrected chi connectivity index (χ4v) is 5.33. The Morgan fingerprint density at radius 2 is 1.73 bits per heavy atom. The van der Waals surface area contributed by atoms with Crippen LogP contribution in [0.2, 0.25) is 5.02 Å². The summed E-state index contributed by atoms with van der Waals surface area (Å²) in [5, 5.41) is 2.75. The van der Waals surface area contributed by atoms with E-state index in [1.54, 1.807) is 18.2 Å². The highest BCUT2D eigenvalue weighted by molar-refractivity contribution is 7.92. The smallest absolute Gasteiger partial charge is 0.257 e. The molecule has 2 aromatic carbocycles. The summed E-state index contributed by atoms with van der Waals surface area (Å²) in [5.41, 5.74) is 0.724. The first-order valence-corrected chi connectivity index (χ1v) is 12.8. The van der Waals surface area contributed by atoms with Gasteiger partial charge < -0.3 is 5.32 Å². The van der Waals surface area contributed by atoms with Crippen molar-refractivity contribution in [3.8, 4) is 0 Å². The van der Waals surface area contributed by atoms with Gasteiger partial charge >= 0.3 is 0 Å². The van der Waals surface area contributed by atoms with E-state index in [0.29, 0.717) is 24.5 Å². The minimum absolute atomic E-state index is 0.00418. The summed E-state index contributed by atoms with van der Waals surface area (Å²) in [5.74, 6) is -0.599. The Bertz CT molecular complexity index is 1180. The van der Waals surface area contributed by atoms with Crippen LogP contribution in [0, 0.1) is 0 Å². The molecule has 0 aliphatic carbocycles. The van der Waals surface area contributed by atoms with Crippen molar-refractivity contribution in [1.29, 1.82) is 0 Å². The van der Waals surface area contributed by atoms with Crippen LogP contribution in [0.25, 0.3) is 0 Å². The molecule has 0 bridgehead atoms. The second-order valence-corrected chi connectivity index (χ2v) is 11.3. The molecule has 1 amide bonds. The number of benzene rings is 2. The maximum absolute atomic E-state index is 12.8. The molecular formula is C19H22ClN3O5S2. The summed E-state index contributed by atoms with van der Waals surface area (Å²) in [4.78, 5) is 12.8. The van der Waals surface area contributed by atoms with E-state index < -0.39 is 26.0 Å². The maximum Gasteiger partial charge on any atom is 0.257 e. The van der Waals surface area contributed by atoms with Crippen LogP contribution in [0.1, 0.15) is 23.2 Å². The van der Waals surface area contributed by atoms with Crippen LogP contribution >= 0.6 is 11.6 Å². The number of nitrogens with zero attached hydrogens (tertiary/aromatic N) is 2. The minimum Gasteiger partial charge on any atom is -0.322 e. The molecule has 1 heterocycles. The molecule has 8 nitrogen and oxygen atoms in total. The van der Waals surface area contributed by atoms with Crippen LogP contribution in [0.3, 0.4) is 0 Å². The Kier molecular flexibility index (Phi) is 6.42. The van der Waals surface area contributed by atoms with Crippen molar-refractivity contribution >= 4 is 48.9 Å². The summed E-state index contributed by atoms with van der Waals surface area (Å²) >= 11 is 6.15. The average Bonchev–Trinajstić information content (AvgIpc) is 3.22.